The molecule has 0 aromatic heterocycles. The maximum atomic E-state index is 9.20. The zero-order valence-electron chi connectivity index (χ0n) is 8.62. The van der Waals surface area contributed by atoms with Crippen LogP contribution in [-0.2, 0) is 6.61 Å². The molecule has 2 aromatic rings. The molecule has 0 amide bonds. The van der Waals surface area contributed by atoms with Crippen LogP contribution in [-0.4, -0.2) is 5.11 Å². The molecule has 0 heterocycles. The van der Waals surface area contributed by atoms with Crippen molar-refractivity contribution in [3.63, 3.8) is 0 Å². The van der Waals surface area contributed by atoms with E-state index < -0.39 is 0 Å². The molecule has 74 valence electrons. The highest BCUT2D eigenvalue weighted by atomic mass is 16.3. The standard InChI is InChI=1S/C14H12O/c1-9-5-11-3-2-4-12-6-10(8-15)7-13(9)14(11)12/h2-7,15H,8H2,1H3. The van der Waals surface area contributed by atoms with Gasteiger partial charge in [-0.05, 0) is 52.1 Å². The van der Waals surface area contributed by atoms with Gasteiger partial charge in [-0.1, -0.05) is 24.3 Å². The van der Waals surface area contributed by atoms with Crippen LogP contribution in [0.3, 0.4) is 0 Å². The number of aliphatic hydroxyl groups excluding tert-OH is 1. The molecule has 0 unspecified atom stereocenters. The molecule has 1 nitrogen and oxygen atoms in total. The Balaban J connectivity index is 2.46. The Labute approximate surface area is 88.7 Å². The van der Waals surface area contributed by atoms with Gasteiger partial charge in [0.05, 0.1) is 6.61 Å². The van der Waals surface area contributed by atoms with Crippen LogP contribution in [0.1, 0.15) is 23.6 Å². The van der Waals surface area contributed by atoms with Crippen LogP contribution < -0.4 is 0 Å². The van der Waals surface area contributed by atoms with Gasteiger partial charge in [0.15, 0.2) is 0 Å². The molecule has 0 bridgehead atoms. The molecule has 1 heteroatoms. The van der Waals surface area contributed by atoms with Gasteiger partial charge in [-0.15, -0.1) is 0 Å². The third kappa shape index (κ3) is 1.13. The third-order valence-corrected chi connectivity index (χ3v) is 3.05. The van der Waals surface area contributed by atoms with Crippen LogP contribution in [0.15, 0.2) is 30.3 Å². The Kier molecular flexibility index (Phi) is 1.70. The Bertz CT molecular complexity index is 579. The summed E-state index contributed by atoms with van der Waals surface area (Å²) < 4.78 is 0. The van der Waals surface area contributed by atoms with Gasteiger partial charge in [-0.3, -0.25) is 0 Å². The Morgan fingerprint density at radius 1 is 1.20 bits per heavy atom. The number of aliphatic hydroxyl groups is 1. The maximum absolute atomic E-state index is 9.20. The summed E-state index contributed by atoms with van der Waals surface area (Å²) in [7, 11) is 0. The van der Waals surface area contributed by atoms with Gasteiger partial charge >= 0.3 is 0 Å². The quantitative estimate of drug-likeness (QED) is 0.742. The molecular weight excluding hydrogens is 184 g/mol. The van der Waals surface area contributed by atoms with Gasteiger partial charge in [0, 0.05) is 0 Å². The lowest BCUT2D eigenvalue weighted by atomic mass is 9.99. The van der Waals surface area contributed by atoms with Crippen molar-refractivity contribution in [1.82, 2.24) is 0 Å². The fourth-order valence-electron chi connectivity index (χ4n) is 2.35. The Morgan fingerprint density at radius 3 is 2.87 bits per heavy atom. The van der Waals surface area contributed by atoms with Crippen molar-refractivity contribution < 1.29 is 5.11 Å². The molecule has 0 atom stereocenters. The summed E-state index contributed by atoms with van der Waals surface area (Å²) in [6.45, 7) is 2.23. The highest BCUT2D eigenvalue weighted by molar-refractivity contribution is 6.08. The van der Waals surface area contributed by atoms with E-state index in [1.165, 1.54) is 27.5 Å². The Hall–Kier alpha value is -1.60. The minimum absolute atomic E-state index is 0.112. The van der Waals surface area contributed by atoms with E-state index in [0.717, 1.165) is 5.56 Å². The van der Waals surface area contributed by atoms with Crippen LogP contribution in [0.5, 0.6) is 0 Å². The predicted molar refractivity (Wildman–Crippen MR) is 63.4 cm³/mol. The lowest BCUT2D eigenvalue weighted by Crippen LogP contribution is -1.87. The van der Waals surface area contributed by atoms with Crippen molar-refractivity contribution in [2.24, 2.45) is 0 Å². The second-order valence-corrected chi connectivity index (χ2v) is 4.07. The van der Waals surface area contributed by atoms with E-state index >= 15 is 0 Å². The van der Waals surface area contributed by atoms with Crippen molar-refractivity contribution in [2.45, 2.75) is 13.5 Å². The van der Waals surface area contributed by atoms with Crippen LogP contribution in [0, 0.1) is 0 Å². The van der Waals surface area contributed by atoms with Gasteiger partial charge in [0.25, 0.3) is 0 Å². The molecule has 1 aliphatic rings. The highest BCUT2D eigenvalue weighted by Gasteiger charge is 2.13. The summed E-state index contributed by atoms with van der Waals surface area (Å²) in [5.41, 5.74) is 4.84. The van der Waals surface area contributed by atoms with E-state index in [1.807, 2.05) is 0 Å². The summed E-state index contributed by atoms with van der Waals surface area (Å²) in [5, 5.41) is 11.8. The smallest absolute Gasteiger partial charge is 0.0682 e. The molecule has 0 fully saturated rings. The van der Waals surface area contributed by atoms with Gasteiger partial charge in [0.1, 0.15) is 0 Å². The highest BCUT2D eigenvalue weighted by Crippen LogP contribution is 2.36. The van der Waals surface area contributed by atoms with E-state index in [0.29, 0.717) is 0 Å². The molecule has 0 aliphatic heterocycles. The molecule has 2 aromatic carbocycles. The van der Waals surface area contributed by atoms with Crippen LogP contribution in [0.2, 0.25) is 0 Å². The van der Waals surface area contributed by atoms with E-state index in [2.05, 4.69) is 43.3 Å². The van der Waals surface area contributed by atoms with Crippen molar-refractivity contribution in [2.75, 3.05) is 0 Å². The van der Waals surface area contributed by atoms with Gasteiger partial charge < -0.3 is 5.11 Å². The van der Waals surface area contributed by atoms with Crippen molar-refractivity contribution in [3.05, 3.63) is 47.0 Å². The fraction of sp³-hybridized carbons (Fsp3) is 0.143. The summed E-state index contributed by atoms with van der Waals surface area (Å²) in [5.74, 6) is 0. The van der Waals surface area contributed by atoms with E-state index in [-0.39, 0.29) is 6.61 Å². The van der Waals surface area contributed by atoms with Crippen molar-refractivity contribution in [3.8, 4) is 0 Å². The minimum atomic E-state index is 0.112. The van der Waals surface area contributed by atoms with Gasteiger partial charge in [-0.25, -0.2) is 0 Å². The summed E-state index contributed by atoms with van der Waals surface area (Å²) >= 11 is 0. The number of hydrogen-bond acceptors (Lipinski definition) is 1. The average molecular weight is 196 g/mol. The number of allylic oxidation sites excluding steroid dienone is 1. The normalized spacial score (nSPS) is 13.3. The molecule has 0 saturated heterocycles. The first-order valence-corrected chi connectivity index (χ1v) is 5.15. The summed E-state index contributed by atoms with van der Waals surface area (Å²) in [6.07, 6.45) is 2.21. The van der Waals surface area contributed by atoms with Crippen LogP contribution in [0.25, 0.3) is 22.4 Å². The molecule has 0 spiro atoms. The molecule has 15 heavy (non-hydrogen) atoms. The fourth-order valence-corrected chi connectivity index (χ4v) is 2.35. The zero-order chi connectivity index (χ0) is 10.4. The van der Waals surface area contributed by atoms with E-state index in [9.17, 15) is 5.11 Å². The SMILES string of the molecule is CC1=Cc2cccc3cc(CO)cc1c23. The number of benzene rings is 2. The summed E-state index contributed by atoms with van der Waals surface area (Å²) in [6, 6.07) is 10.5. The Morgan fingerprint density at radius 2 is 2.07 bits per heavy atom. The lowest BCUT2D eigenvalue weighted by molar-refractivity contribution is 0.282. The predicted octanol–water partition coefficient (Wildman–Crippen LogP) is 3.21. The molecular formula is C14H12O. The van der Waals surface area contributed by atoms with Gasteiger partial charge in [-0.2, -0.15) is 0 Å². The lowest BCUT2D eigenvalue weighted by Gasteiger charge is -2.06. The maximum Gasteiger partial charge on any atom is 0.0682 e. The minimum Gasteiger partial charge on any atom is -0.392 e. The first-order valence-electron chi connectivity index (χ1n) is 5.15. The van der Waals surface area contributed by atoms with Crippen LogP contribution >= 0.6 is 0 Å². The molecule has 1 aliphatic carbocycles. The first kappa shape index (κ1) is 8.69. The molecule has 0 radical (unpaired) electrons. The van der Waals surface area contributed by atoms with E-state index in [1.54, 1.807) is 0 Å². The first-order chi connectivity index (χ1) is 7.29. The average Bonchev–Trinajstić information content (AvgIpc) is 2.58. The van der Waals surface area contributed by atoms with E-state index in [4.69, 9.17) is 0 Å². The second kappa shape index (κ2) is 2.94. The summed E-state index contributed by atoms with van der Waals surface area (Å²) in [4.78, 5) is 0. The second-order valence-electron chi connectivity index (χ2n) is 4.07. The largest absolute Gasteiger partial charge is 0.392 e. The number of rotatable bonds is 1. The monoisotopic (exact) mass is 196 g/mol. The molecule has 1 N–H and O–H groups in total. The topological polar surface area (TPSA) is 20.2 Å². The van der Waals surface area contributed by atoms with Gasteiger partial charge in [0.2, 0.25) is 0 Å². The van der Waals surface area contributed by atoms with Crippen LogP contribution in [0.4, 0.5) is 0 Å². The van der Waals surface area contributed by atoms with Crippen molar-refractivity contribution >= 4 is 22.4 Å². The number of hydrogen-bond donors (Lipinski definition) is 1. The zero-order valence-corrected chi connectivity index (χ0v) is 8.62. The molecule has 3 rings (SSSR count). The van der Waals surface area contributed by atoms with Crippen molar-refractivity contribution in [1.29, 1.82) is 0 Å². The molecule has 0 saturated carbocycles. The third-order valence-electron chi connectivity index (χ3n) is 3.05.